The van der Waals surface area contributed by atoms with E-state index in [0.717, 1.165) is 32.1 Å². The number of furan rings is 1. The van der Waals surface area contributed by atoms with Crippen LogP contribution in [0.3, 0.4) is 0 Å². The van der Waals surface area contributed by atoms with Gasteiger partial charge < -0.3 is 20.0 Å². The number of rotatable bonds is 5. The van der Waals surface area contributed by atoms with Crippen molar-refractivity contribution in [1.29, 1.82) is 0 Å². The Morgan fingerprint density at radius 3 is 2.38 bits per heavy atom. The molecule has 6 heterocycles. The summed E-state index contributed by atoms with van der Waals surface area (Å²) in [5.74, 6) is 2.53. The molecule has 210 valence electrons. The summed E-state index contributed by atoms with van der Waals surface area (Å²) in [6, 6.07) is 3.11. The number of piperidine rings is 2. The van der Waals surface area contributed by atoms with Crippen LogP contribution in [0.25, 0.3) is 17.4 Å². The number of halogens is 3. The molecule has 0 bridgehead atoms. The smallest absolute Gasteiger partial charge is 0.401 e. The molecule has 1 amide bonds. The van der Waals surface area contributed by atoms with Crippen molar-refractivity contribution in [2.75, 3.05) is 49.9 Å². The van der Waals surface area contributed by atoms with Gasteiger partial charge >= 0.3 is 6.18 Å². The molecule has 2 N–H and O–H groups in total. The number of carbonyl (C=O) groups is 1. The van der Waals surface area contributed by atoms with Gasteiger partial charge in [0.05, 0.1) is 12.8 Å². The van der Waals surface area contributed by atoms with Gasteiger partial charge in [0.2, 0.25) is 23.6 Å². The summed E-state index contributed by atoms with van der Waals surface area (Å²) in [6.45, 7) is 2.11. The molecule has 3 saturated heterocycles. The first-order chi connectivity index (χ1) is 18.7. The minimum atomic E-state index is -4.15. The molecular formula is C25H32F3N9O2. The highest BCUT2D eigenvalue weighted by Crippen LogP contribution is 2.34. The van der Waals surface area contributed by atoms with Gasteiger partial charge in [-0.2, -0.15) is 32.6 Å². The second-order valence-electron chi connectivity index (χ2n) is 10.7. The second-order valence-corrected chi connectivity index (χ2v) is 10.7. The predicted molar refractivity (Wildman–Crippen MR) is 136 cm³/mol. The van der Waals surface area contributed by atoms with Crippen molar-refractivity contribution in [3.05, 3.63) is 18.4 Å². The van der Waals surface area contributed by atoms with Gasteiger partial charge in [0.1, 0.15) is 6.04 Å². The van der Waals surface area contributed by atoms with Crippen LogP contribution >= 0.6 is 0 Å². The summed E-state index contributed by atoms with van der Waals surface area (Å²) in [6.07, 6.45) is 2.27. The summed E-state index contributed by atoms with van der Waals surface area (Å²) in [5, 5.41) is 4.33. The molecule has 6 rings (SSSR count). The van der Waals surface area contributed by atoms with Crippen LogP contribution < -0.4 is 10.6 Å². The van der Waals surface area contributed by atoms with Crippen LogP contribution in [0.1, 0.15) is 38.5 Å². The van der Waals surface area contributed by atoms with E-state index in [9.17, 15) is 18.0 Å². The van der Waals surface area contributed by atoms with E-state index in [-0.39, 0.29) is 23.7 Å². The minimum Gasteiger partial charge on any atom is -0.461 e. The topological polar surface area (TPSA) is 122 Å². The molecule has 0 aliphatic carbocycles. The van der Waals surface area contributed by atoms with Gasteiger partial charge in [0.25, 0.3) is 5.78 Å². The minimum absolute atomic E-state index is 0.0609. The zero-order chi connectivity index (χ0) is 27.1. The number of amides is 1. The first-order valence-corrected chi connectivity index (χ1v) is 13.5. The fraction of sp³-hybridized carbons (Fsp3) is 0.640. The first-order valence-electron chi connectivity index (χ1n) is 13.5. The Bertz CT molecular complexity index is 1300. The van der Waals surface area contributed by atoms with E-state index in [0.29, 0.717) is 68.5 Å². The third kappa shape index (κ3) is 5.38. The first kappa shape index (κ1) is 25.8. The Kier molecular flexibility index (Phi) is 6.81. The van der Waals surface area contributed by atoms with Crippen molar-refractivity contribution in [3.8, 4) is 11.6 Å². The number of hydrogen-bond acceptors (Lipinski definition) is 9. The molecule has 3 aliphatic heterocycles. The van der Waals surface area contributed by atoms with Gasteiger partial charge in [-0.1, -0.05) is 0 Å². The highest BCUT2D eigenvalue weighted by atomic mass is 19.4. The Morgan fingerprint density at radius 2 is 1.72 bits per heavy atom. The Balaban J connectivity index is 1.08. The summed E-state index contributed by atoms with van der Waals surface area (Å²) in [7, 11) is 0. The molecule has 14 heteroatoms. The summed E-state index contributed by atoms with van der Waals surface area (Å²) in [4.78, 5) is 32.4. The second kappa shape index (κ2) is 10.3. The van der Waals surface area contributed by atoms with Crippen LogP contribution in [0.4, 0.5) is 25.1 Å². The fourth-order valence-corrected chi connectivity index (χ4v) is 6.33. The van der Waals surface area contributed by atoms with Crippen molar-refractivity contribution < 1.29 is 22.4 Å². The molecule has 39 heavy (non-hydrogen) atoms. The number of anilines is 2. The SMILES string of the molecule is Nc1nc(N2CCC[C@H]2C(=O)N2CCC(C3CCN(CC(F)(F)F)CC3)CC2)nc2nc(-c3ccco3)nn12. The molecule has 3 aromatic heterocycles. The highest BCUT2D eigenvalue weighted by molar-refractivity contribution is 5.85. The normalized spacial score (nSPS) is 22.3. The molecule has 3 aromatic rings. The molecule has 3 aliphatic rings. The molecule has 0 spiro atoms. The summed E-state index contributed by atoms with van der Waals surface area (Å²) in [5.41, 5.74) is 6.18. The molecule has 3 fully saturated rings. The average Bonchev–Trinajstić information content (AvgIpc) is 3.68. The molecule has 0 saturated carbocycles. The number of carbonyl (C=O) groups excluding carboxylic acids is 1. The molecule has 1 atom stereocenters. The Hall–Kier alpha value is -3.42. The predicted octanol–water partition coefficient (Wildman–Crippen LogP) is 2.84. The lowest BCUT2D eigenvalue weighted by Gasteiger charge is -2.41. The fourth-order valence-electron chi connectivity index (χ4n) is 6.33. The van der Waals surface area contributed by atoms with Crippen LogP contribution in [-0.2, 0) is 4.79 Å². The van der Waals surface area contributed by atoms with E-state index in [4.69, 9.17) is 10.2 Å². The lowest BCUT2D eigenvalue weighted by molar-refractivity contribution is -0.149. The molecule has 0 unspecified atom stereocenters. The van der Waals surface area contributed by atoms with Crippen molar-refractivity contribution >= 4 is 23.6 Å². The molecule has 0 radical (unpaired) electrons. The third-order valence-corrected chi connectivity index (χ3v) is 8.31. The van der Waals surface area contributed by atoms with Gasteiger partial charge in [-0.15, -0.1) is 5.10 Å². The van der Waals surface area contributed by atoms with Gasteiger partial charge in [-0.25, -0.2) is 0 Å². The molecular weight excluding hydrogens is 515 g/mol. The molecule has 0 aromatic carbocycles. The van der Waals surface area contributed by atoms with Crippen molar-refractivity contribution in [2.24, 2.45) is 11.8 Å². The Labute approximate surface area is 223 Å². The molecule has 11 nitrogen and oxygen atoms in total. The summed E-state index contributed by atoms with van der Waals surface area (Å²) < 4.78 is 44.9. The maximum absolute atomic E-state index is 13.6. The van der Waals surface area contributed by atoms with Crippen LogP contribution in [-0.4, -0.2) is 91.8 Å². The van der Waals surface area contributed by atoms with E-state index in [2.05, 4.69) is 20.1 Å². The number of nitrogens with zero attached hydrogens (tertiary/aromatic N) is 8. The lowest BCUT2D eigenvalue weighted by atomic mass is 9.78. The van der Waals surface area contributed by atoms with Gasteiger partial charge in [0, 0.05) is 19.6 Å². The van der Waals surface area contributed by atoms with Crippen molar-refractivity contribution in [1.82, 2.24) is 34.4 Å². The lowest BCUT2D eigenvalue weighted by Crippen LogP contribution is -2.50. The number of alkyl halides is 3. The monoisotopic (exact) mass is 547 g/mol. The van der Waals surface area contributed by atoms with Crippen LogP contribution in [0.2, 0.25) is 0 Å². The number of nitrogen functional groups attached to an aromatic ring is 1. The number of likely N-dealkylation sites (tertiary alicyclic amines) is 2. The van der Waals surface area contributed by atoms with Crippen LogP contribution in [0, 0.1) is 11.8 Å². The van der Waals surface area contributed by atoms with E-state index < -0.39 is 12.7 Å². The number of hydrogen-bond donors (Lipinski definition) is 1. The summed E-state index contributed by atoms with van der Waals surface area (Å²) >= 11 is 0. The number of nitrogens with two attached hydrogens (primary N) is 1. The van der Waals surface area contributed by atoms with E-state index in [1.165, 1.54) is 15.7 Å². The number of fused-ring (bicyclic) bond motifs is 1. The Morgan fingerprint density at radius 1 is 1.00 bits per heavy atom. The van der Waals surface area contributed by atoms with Gasteiger partial charge in [0.15, 0.2) is 5.76 Å². The highest BCUT2D eigenvalue weighted by Gasteiger charge is 2.39. The van der Waals surface area contributed by atoms with Crippen molar-refractivity contribution in [2.45, 2.75) is 50.7 Å². The van der Waals surface area contributed by atoms with Crippen molar-refractivity contribution in [3.63, 3.8) is 0 Å². The van der Waals surface area contributed by atoms with E-state index in [1.54, 1.807) is 12.1 Å². The maximum Gasteiger partial charge on any atom is 0.401 e. The quantitative estimate of drug-likeness (QED) is 0.514. The van der Waals surface area contributed by atoms with E-state index >= 15 is 0 Å². The largest absolute Gasteiger partial charge is 0.461 e. The van der Waals surface area contributed by atoms with Crippen LogP contribution in [0.15, 0.2) is 22.8 Å². The standard InChI is InChI=1S/C25H32F3N9O2/c26-25(27,28)15-34-10-5-16(6-11-34)17-7-12-35(13-8-17)21(38)18-3-1-9-36(18)23-31-22(29)37-24(32-23)30-20(33-37)19-4-2-14-39-19/h2,4,14,16-18H,1,3,5-13,15H2,(H2,29,30,31,32,33)/t18-/m0/s1. The maximum atomic E-state index is 13.6. The zero-order valence-corrected chi connectivity index (χ0v) is 21.6. The number of aromatic nitrogens is 5. The zero-order valence-electron chi connectivity index (χ0n) is 21.6. The van der Waals surface area contributed by atoms with Gasteiger partial charge in [-0.05, 0) is 75.6 Å². The van der Waals surface area contributed by atoms with Gasteiger partial charge in [-0.3, -0.25) is 9.69 Å². The third-order valence-electron chi connectivity index (χ3n) is 8.31. The van der Waals surface area contributed by atoms with Crippen LogP contribution in [0.5, 0.6) is 0 Å². The van der Waals surface area contributed by atoms with E-state index in [1.807, 2.05) is 9.80 Å². The average molecular weight is 548 g/mol.